The van der Waals surface area contributed by atoms with Gasteiger partial charge in [-0.15, -0.1) is 0 Å². The summed E-state index contributed by atoms with van der Waals surface area (Å²) < 4.78 is 0. The minimum Gasteiger partial charge on any atom is -0.409 e. The molecule has 1 aromatic heterocycles. The van der Waals surface area contributed by atoms with Crippen molar-refractivity contribution < 1.29 is 5.21 Å². The molecule has 0 unspecified atom stereocenters. The first-order valence-electron chi connectivity index (χ1n) is 6.63. The third-order valence-electron chi connectivity index (χ3n) is 3.52. The molecule has 3 N–H and O–H groups in total. The minimum absolute atomic E-state index is 0.146. The second kappa shape index (κ2) is 5.54. The Morgan fingerprint density at radius 2 is 2.05 bits per heavy atom. The van der Waals surface area contributed by atoms with E-state index in [0.717, 1.165) is 12.1 Å². The molecule has 1 heterocycles. The summed E-state index contributed by atoms with van der Waals surface area (Å²) in [6.07, 6.45) is 2.51. The molecule has 1 aromatic carbocycles. The van der Waals surface area contributed by atoms with Crippen LogP contribution in [0.5, 0.6) is 0 Å². The van der Waals surface area contributed by atoms with Crippen LogP contribution >= 0.6 is 11.3 Å². The van der Waals surface area contributed by atoms with Gasteiger partial charge in [0.05, 0.1) is 0 Å². The van der Waals surface area contributed by atoms with E-state index in [4.69, 9.17) is 10.9 Å². The van der Waals surface area contributed by atoms with E-state index in [9.17, 15) is 0 Å². The summed E-state index contributed by atoms with van der Waals surface area (Å²) in [7, 11) is 0. The summed E-state index contributed by atoms with van der Waals surface area (Å²) in [4.78, 5) is 2.43. The zero-order valence-electron chi connectivity index (χ0n) is 11.1. The summed E-state index contributed by atoms with van der Waals surface area (Å²) in [6.45, 7) is 0.942. The van der Waals surface area contributed by atoms with E-state index in [0.29, 0.717) is 6.04 Å². The highest BCUT2D eigenvalue weighted by molar-refractivity contribution is 7.07. The highest BCUT2D eigenvalue weighted by atomic mass is 32.1. The Bertz CT molecular complexity index is 588. The maximum Gasteiger partial charge on any atom is 0.170 e. The molecule has 1 fully saturated rings. The quantitative estimate of drug-likeness (QED) is 0.384. The molecule has 4 nitrogen and oxygen atoms in total. The monoisotopic (exact) mass is 287 g/mol. The zero-order valence-corrected chi connectivity index (χ0v) is 11.9. The number of nitrogens with zero attached hydrogens (tertiary/aromatic N) is 2. The van der Waals surface area contributed by atoms with Crippen molar-refractivity contribution in [2.75, 3.05) is 4.90 Å². The third-order valence-corrected chi connectivity index (χ3v) is 4.26. The van der Waals surface area contributed by atoms with Crippen molar-refractivity contribution in [3.05, 3.63) is 52.2 Å². The van der Waals surface area contributed by atoms with Crippen molar-refractivity contribution >= 4 is 22.9 Å². The van der Waals surface area contributed by atoms with Gasteiger partial charge in [-0.25, -0.2) is 0 Å². The second-order valence-electron chi connectivity index (χ2n) is 5.02. The average Bonchev–Trinajstić information content (AvgIpc) is 3.21. The predicted molar refractivity (Wildman–Crippen MR) is 82.5 cm³/mol. The number of oxime groups is 1. The Morgan fingerprint density at radius 3 is 2.60 bits per heavy atom. The van der Waals surface area contributed by atoms with Gasteiger partial charge in [0, 0.05) is 23.8 Å². The molecule has 0 amide bonds. The van der Waals surface area contributed by atoms with Gasteiger partial charge in [-0.05, 0) is 59.5 Å². The molecule has 0 atom stereocenters. The van der Waals surface area contributed by atoms with E-state index in [1.807, 2.05) is 24.3 Å². The normalized spacial score (nSPS) is 15.3. The van der Waals surface area contributed by atoms with Crippen LogP contribution in [0.15, 0.2) is 46.2 Å². The van der Waals surface area contributed by atoms with Crippen LogP contribution in [0.2, 0.25) is 0 Å². The molecule has 1 aliphatic carbocycles. The van der Waals surface area contributed by atoms with Crippen molar-refractivity contribution in [2.24, 2.45) is 10.9 Å². The molecule has 2 aromatic rings. The van der Waals surface area contributed by atoms with Crippen LogP contribution in [0, 0.1) is 0 Å². The van der Waals surface area contributed by atoms with Gasteiger partial charge in [-0.1, -0.05) is 5.16 Å². The first-order chi connectivity index (χ1) is 9.78. The molecule has 0 bridgehead atoms. The Morgan fingerprint density at radius 1 is 1.30 bits per heavy atom. The first kappa shape index (κ1) is 13.0. The van der Waals surface area contributed by atoms with Crippen LogP contribution in [0.3, 0.4) is 0 Å². The number of anilines is 1. The minimum atomic E-state index is 0.146. The van der Waals surface area contributed by atoms with Crippen LogP contribution in [0.4, 0.5) is 5.69 Å². The van der Waals surface area contributed by atoms with Crippen LogP contribution in [-0.4, -0.2) is 17.1 Å². The fourth-order valence-electron chi connectivity index (χ4n) is 2.28. The van der Waals surface area contributed by atoms with E-state index in [1.165, 1.54) is 24.1 Å². The number of nitrogens with two attached hydrogens (primary N) is 1. The summed E-state index contributed by atoms with van der Waals surface area (Å²) in [5.41, 5.74) is 8.87. The summed E-state index contributed by atoms with van der Waals surface area (Å²) in [5.74, 6) is 0.146. The Labute approximate surface area is 122 Å². The number of benzene rings is 1. The van der Waals surface area contributed by atoms with Crippen LogP contribution in [-0.2, 0) is 6.54 Å². The molecule has 0 radical (unpaired) electrons. The van der Waals surface area contributed by atoms with Gasteiger partial charge in [-0.3, -0.25) is 0 Å². The Kier molecular flexibility index (Phi) is 3.60. The molecule has 3 rings (SSSR count). The second-order valence-corrected chi connectivity index (χ2v) is 5.80. The smallest absolute Gasteiger partial charge is 0.170 e. The number of hydrogen-bond acceptors (Lipinski definition) is 4. The van der Waals surface area contributed by atoms with Gasteiger partial charge in [0.25, 0.3) is 0 Å². The average molecular weight is 287 g/mol. The highest BCUT2D eigenvalue weighted by Crippen LogP contribution is 2.33. The zero-order chi connectivity index (χ0) is 13.9. The molecule has 0 saturated heterocycles. The van der Waals surface area contributed by atoms with Crippen molar-refractivity contribution in [2.45, 2.75) is 25.4 Å². The van der Waals surface area contributed by atoms with Gasteiger partial charge in [0.2, 0.25) is 0 Å². The molecule has 1 saturated carbocycles. The van der Waals surface area contributed by atoms with E-state index < -0.39 is 0 Å². The van der Waals surface area contributed by atoms with Crippen molar-refractivity contribution in [3.8, 4) is 0 Å². The Hall–Kier alpha value is -2.01. The maximum absolute atomic E-state index is 8.69. The van der Waals surface area contributed by atoms with Gasteiger partial charge in [0.15, 0.2) is 5.84 Å². The Balaban J connectivity index is 1.81. The maximum atomic E-state index is 8.69. The molecular weight excluding hydrogens is 270 g/mol. The summed E-state index contributed by atoms with van der Waals surface area (Å²) in [6, 6.07) is 10.7. The lowest BCUT2D eigenvalue weighted by Gasteiger charge is -2.24. The first-order valence-corrected chi connectivity index (χ1v) is 7.58. The van der Waals surface area contributed by atoms with Crippen LogP contribution in [0.25, 0.3) is 0 Å². The van der Waals surface area contributed by atoms with E-state index in [2.05, 4.69) is 26.9 Å². The number of hydrogen-bond donors (Lipinski definition) is 2. The molecule has 104 valence electrons. The summed E-state index contributed by atoms with van der Waals surface area (Å²) >= 11 is 1.73. The number of amidine groups is 1. The van der Waals surface area contributed by atoms with Crippen LogP contribution in [0.1, 0.15) is 24.0 Å². The molecule has 20 heavy (non-hydrogen) atoms. The number of thiophene rings is 1. The van der Waals surface area contributed by atoms with Gasteiger partial charge < -0.3 is 15.8 Å². The van der Waals surface area contributed by atoms with Crippen molar-refractivity contribution in [1.29, 1.82) is 0 Å². The highest BCUT2D eigenvalue weighted by Gasteiger charge is 2.29. The topological polar surface area (TPSA) is 61.9 Å². The summed E-state index contributed by atoms with van der Waals surface area (Å²) in [5, 5.41) is 16.0. The lowest BCUT2D eigenvalue weighted by atomic mass is 10.1. The van der Waals surface area contributed by atoms with Crippen LogP contribution < -0.4 is 10.6 Å². The van der Waals surface area contributed by atoms with E-state index >= 15 is 0 Å². The van der Waals surface area contributed by atoms with Crippen molar-refractivity contribution in [3.63, 3.8) is 0 Å². The molecule has 5 heteroatoms. The van der Waals surface area contributed by atoms with Crippen molar-refractivity contribution in [1.82, 2.24) is 0 Å². The van der Waals surface area contributed by atoms with Gasteiger partial charge in [-0.2, -0.15) is 11.3 Å². The lowest BCUT2D eigenvalue weighted by molar-refractivity contribution is 0.318. The largest absolute Gasteiger partial charge is 0.409 e. The molecule has 1 aliphatic rings. The molecular formula is C15H17N3OS. The fourth-order valence-corrected chi connectivity index (χ4v) is 2.94. The predicted octanol–water partition coefficient (Wildman–Crippen LogP) is 3.01. The lowest BCUT2D eigenvalue weighted by Crippen LogP contribution is -2.24. The number of rotatable bonds is 5. The fraction of sp³-hybridized carbons (Fsp3) is 0.267. The standard InChI is InChI=1S/C15H17N3OS/c16-15(17-19)12-1-3-13(4-2-12)18(14-5-6-14)9-11-7-8-20-10-11/h1-4,7-8,10,14,19H,5-6,9H2,(H2,16,17). The van der Waals surface area contributed by atoms with E-state index in [1.54, 1.807) is 11.3 Å². The van der Waals surface area contributed by atoms with Gasteiger partial charge >= 0.3 is 0 Å². The SMILES string of the molecule is NC(=NO)c1ccc(N(Cc2ccsc2)C2CC2)cc1. The van der Waals surface area contributed by atoms with Gasteiger partial charge in [0.1, 0.15) is 0 Å². The van der Waals surface area contributed by atoms with E-state index in [-0.39, 0.29) is 5.84 Å². The molecule has 0 spiro atoms. The third kappa shape index (κ3) is 2.77. The molecule has 0 aliphatic heterocycles.